The lowest BCUT2D eigenvalue weighted by Crippen LogP contribution is -2.61. The molecule has 1 aliphatic heterocycles. The van der Waals surface area contributed by atoms with E-state index in [0.717, 1.165) is 0 Å². The Kier molecular flexibility index (Phi) is 2.30. The van der Waals surface area contributed by atoms with Crippen LogP contribution in [0.3, 0.4) is 0 Å². The molecule has 5 heteroatoms. The SMILES string of the molecule is CC1(C)COCC1(NC=O)C(=O)O. The van der Waals surface area contributed by atoms with Crippen LogP contribution in [-0.2, 0) is 14.3 Å². The van der Waals surface area contributed by atoms with E-state index in [2.05, 4.69) is 5.32 Å². The lowest BCUT2D eigenvalue weighted by molar-refractivity contribution is -0.149. The Labute approximate surface area is 76.1 Å². The number of carbonyl (C=O) groups is 2. The van der Waals surface area contributed by atoms with Crippen LogP contribution in [0.5, 0.6) is 0 Å². The van der Waals surface area contributed by atoms with Gasteiger partial charge in [-0.3, -0.25) is 4.79 Å². The van der Waals surface area contributed by atoms with Crippen molar-refractivity contribution in [3.05, 3.63) is 0 Å². The van der Waals surface area contributed by atoms with Crippen molar-refractivity contribution in [3.8, 4) is 0 Å². The summed E-state index contributed by atoms with van der Waals surface area (Å²) < 4.78 is 5.09. The maximum absolute atomic E-state index is 11.0. The Bertz CT molecular complexity index is 238. The van der Waals surface area contributed by atoms with Crippen molar-refractivity contribution in [1.82, 2.24) is 5.32 Å². The molecule has 5 nitrogen and oxygen atoms in total. The van der Waals surface area contributed by atoms with Gasteiger partial charge in [0.2, 0.25) is 6.41 Å². The molecule has 0 radical (unpaired) electrons. The number of carboxylic acid groups (broad SMARTS) is 1. The first-order chi connectivity index (χ1) is 5.96. The molecule has 1 fully saturated rings. The van der Waals surface area contributed by atoms with Crippen molar-refractivity contribution in [1.29, 1.82) is 0 Å². The van der Waals surface area contributed by atoms with Gasteiger partial charge in [-0.1, -0.05) is 13.8 Å². The lowest BCUT2D eigenvalue weighted by atomic mass is 9.75. The number of amides is 1. The zero-order valence-electron chi connectivity index (χ0n) is 7.66. The first kappa shape index (κ1) is 9.98. The molecule has 0 bridgehead atoms. The topological polar surface area (TPSA) is 75.6 Å². The van der Waals surface area contributed by atoms with E-state index in [-0.39, 0.29) is 6.61 Å². The highest BCUT2D eigenvalue weighted by atomic mass is 16.5. The predicted molar refractivity (Wildman–Crippen MR) is 44.2 cm³/mol. The minimum atomic E-state index is -1.28. The Hall–Kier alpha value is -1.10. The van der Waals surface area contributed by atoms with Crippen LogP contribution in [0.4, 0.5) is 0 Å². The fourth-order valence-electron chi connectivity index (χ4n) is 1.53. The molecule has 2 N–H and O–H groups in total. The van der Waals surface area contributed by atoms with Crippen molar-refractivity contribution >= 4 is 12.4 Å². The van der Waals surface area contributed by atoms with E-state index in [9.17, 15) is 9.59 Å². The summed E-state index contributed by atoms with van der Waals surface area (Å²) in [7, 11) is 0. The molecule has 1 saturated heterocycles. The highest BCUT2D eigenvalue weighted by Gasteiger charge is 2.56. The first-order valence-electron chi connectivity index (χ1n) is 3.99. The van der Waals surface area contributed by atoms with Gasteiger partial charge in [-0.25, -0.2) is 4.79 Å². The Morgan fingerprint density at radius 3 is 2.46 bits per heavy atom. The van der Waals surface area contributed by atoms with Crippen LogP contribution in [0.1, 0.15) is 13.8 Å². The van der Waals surface area contributed by atoms with E-state index in [1.807, 2.05) is 0 Å². The van der Waals surface area contributed by atoms with Gasteiger partial charge in [0, 0.05) is 5.41 Å². The normalized spacial score (nSPS) is 31.2. The molecule has 0 saturated carbocycles. The summed E-state index contributed by atoms with van der Waals surface area (Å²) in [6.45, 7) is 3.86. The molecule has 0 aromatic carbocycles. The average molecular weight is 187 g/mol. The molecule has 0 aliphatic carbocycles. The third kappa shape index (κ3) is 1.29. The van der Waals surface area contributed by atoms with Crippen molar-refractivity contribution in [2.24, 2.45) is 5.41 Å². The van der Waals surface area contributed by atoms with E-state index in [4.69, 9.17) is 9.84 Å². The van der Waals surface area contributed by atoms with Crippen LogP contribution in [0, 0.1) is 5.41 Å². The second kappa shape index (κ2) is 2.99. The molecule has 13 heavy (non-hydrogen) atoms. The maximum Gasteiger partial charge on any atom is 0.332 e. The Morgan fingerprint density at radius 2 is 2.15 bits per heavy atom. The summed E-state index contributed by atoms with van der Waals surface area (Å²) in [4.78, 5) is 21.4. The number of carboxylic acids is 1. The quantitative estimate of drug-likeness (QED) is 0.590. The number of ether oxygens (including phenoxy) is 1. The molecule has 0 aromatic rings. The van der Waals surface area contributed by atoms with Crippen molar-refractivity contribution in [2.75, 3.05) is 13.2 Å². The van der Waals surface area contributed by atoms with Crippen LogP contribution in [0.15, 0.2) is 0 Å². The van der Waals surface area contributed by atoms with Crippen LogP contribution in [0.2, 0.25) is 0 Å². The van der Waals surface area contributed by atoms with E-state index in [1.165, 1.54) is 0 Å². The van der Waals surface area contributed by atoms with Gasteiger partial charge in [0.1, 0.15) is 0 Å². The second-order valence-electron chi connectivity index (χ2n) is 3.85. The van der Waals surface area contributed by atoms with Gasteiger partial charge >= 0.3 is 5.97 Å². The van der Waals surface area contributed by atoms with Gasteiger partial charge in [0.25, 0.3) is 0 Å². The molecular formula is C8H13NO4. The van der Waals surface area contributed by atoms with E-state index < -0.39 is 16.9 Å². The van der Waals surface area contributed by atoms with Crippen molar-refractivity contribution < 1.29 is 19.4 Å². The van der Waals surface area contributed by atoms with E-state index in [0.29, 0.717) is 13.0 Å². The third-order valence-electron chi connectivity index (χ3n) is 2.61. The summed E-state index contributed by atoms with van der Waals surface area (Å²) in [5.41, 5.74) is -1.87. The molecule has 1 amide bonds. The summed E-state index contributed by atoms with van der Waals surface area (Å²) in [6, 6.07) is 0. The zero-order chi connectivity index (χ0) is 10.1. The van der Waals surface area contributed by atoms with E-state index in [1.54, 1.807) is 13.8 Å². The van der Waals surface area contributed by atoms with Gasteiger partial charge < -0.3 is 15.2 Å². The number of carbonyl (C=O) groups excluding carboxylic acids is 1. The number of hydrogen-bond acceptors (Lipinski definition) is 3. The molecule has 1 rings (SSSR count). The maximum atomic E-state index is 11.0. The number of rotatable bonds is 3. The van der Waals surface area contributed by atoms with Crippen molar-refractivity contribution in [2.45, 2.75) is 19.4 Å². The fraction of sp³-hybridized carbons (Fsp3) is 0.750. The molecule has 1 aliphatic rings. The number of hydrogen-bond donors (Lipinski definition) is 2. The predicted octanol–water partition coefficient (Wildman–Crippen LogP) is -0.388. The summed E-state index contributed by atoms with van der Waals surface area (Å²) in [5.74, 6) is -1.05. The standard InChI is InChI=1S/C8H13NO4/c1-7(2)3-13-4-8(7,6(11)12)9-5-10/h5H,3-4H2,1-2H3,(H,9,10)(H,11,12). The number of nitrogens with one attached hydrogen (secondary N) is 1. The summed E-state index contributed by atoms with van der Waals surface area (Å²) in [6.07, 6.45) is 0.407. The minimum Gasteiger partial charge on any atom is -0.479 e. The average Bonchev–Trinajstić information content (AvgIpc) is 2.28. The van der Waals surface area contributed by atoms with Gasteiger partial charge in [-0.15, -0.1) is 0 Å². The lowest BCUT2D eigenvalue weighted by Gasteiger charge is -2.34. The molecular weight excluding hydrogens is 174 g/mol. The van der Waals surface area contributed by atoms with Crippen LogP contribution < -0.4 is 5.32 Å². The molecule has 0 spiro atoms. The zero-order valence-corrected chi connectivity index (χ0v) is 7.66. The highest BCUT2D eigenvalue weighted by Crippen LogP contribution is 2.37. The largest absolute Gasteiger partial charge is 0.479 e. The van der Waals surface area contributed by atoms with E-state index >= 15 is 0 Å². The summed E-state index contributed by atoms with van der Waals surface area (Å²) >= 11 is 0. The molecule has 0 aromatic heterocycles. The van der Waals surface area contributed by atoms with Gasteiger partial charge in [-0.05, 0) is 0 Å². The van der Waals surface area contributed by atoms with Crippen molar-refractivity contribution in [3.63, 3.8) is 0 Å². The van der Waals surface area contributed by atoms with Gasteiger partial charge in [0.05, 0.1) is 13.2 Å². The van der Waals surface area contributed by atoms with Crippen LogP contribution >= 0.6 is 0 Å². The fourth-order valence-corrected chi connectivity index (χ4v) is 1.53. The second-order valence-corrected chi connectivity index (χ2v) is 3.85. The smallest absolute Gasteiger partial charge is 0.332 e. The van der Waals surface area contributed by atoms with Gasteiger partial charge in [0.15, 0.2) is 5.54 Å². The first-order valence-corrected chi connectivity index (χ1v) is 3.99. The van der Waals surface area contributed by atoms with Crippen LogP contribution in [0.25, 0.3) is 0 Å². The molecule has 1 heterocycles. The Morgan fingerprint density at radius 1 is 1.54 bits per heavy atom. The minimum absolute atomic E-state index is 0.0219. The molecule has 1 unspecified atom stereocenters. The Balaban J connectivity index is 3.02. The highest BCUT2D eigenvalue weighted by molar-refractivity contribution is 5.83. The summed E-state index contributed by atoms with van der Waals surface area (Å²) in [5, 5.41) is 11.4. The molecule has 1 atom stereocenters. The van der Waals surface area contributed by atoms with Crippen LogP contribution in [-0.4, -0.2) is 36.2 Å². The van der Waals surface area contributed by atoms with Gasteiger partial charge in [-0.2, -0.15) is 0 Å². The third-order valence-corrected chi connectivity index (χ3v) is 2.61. The number of aliphatic carboxylic acids is 1. The monoisotopic (exact) mass is 187 g/mol. The molecule has 74 valence electrons.